The molecule has 1 amide bonds. The summed E-state index contributed by atoms with van der Waals surface area (Å²) in [5, 5.41) is 0. The van der Waals surface area contributed by atoms with Gasteiger partial charge in [-0.15, -0.1) is 0 Å². The van der Waals surface area contributed by atoms with Gasteiger partial charge >= 0.3 is 6.18 Å². The average Bonchev–Trinajstić information content (AvgIpc) is 2.52. The van der Waals surface area contributed by atoms with Gasteiger partial charge in [0.15, 0.2) is 6.61 Å². The Bertz CT molecular complexity index is 529. The first-order chi connectivity index (χ1) is 10.8. The topological polar surface area (TPSA) is 55.6 Å². The Balaban J connectivity index is 1.93. The number of carbonyl (C=O) groups is 1. The van der Waals surface area contributed by atoms with Crippen LogP contribution in [0.5, 0.6) is 5.75 Å². The van der Waals surface area contributed by atoms with Crippen LogP contribution >= 0.6 is 0 Å². The summed E-state index contributed by atoms with van der Waals surface area (Å²) >= 11 is 0. The van der Waals surface area contributed by atoms with Crippen LogP contribution < -0.4 is 10.5 Å². The van der Waals surface area contributed by atoms with E-state index in [1.165, 1.54) is 12.1 Å². The van der Waals surface area contributed by atoms with Crippen LogP contribution in [0.3, 0.4) is 0 Å². The third-order valence-corrected chi connectivity index (χ3v) is 4.02. The van der Waals surface area contributed by atoms with Crippen molar-refractivity contribution < 1.29 is 22.7 Å². The van der Waals surface area contributed by atoms with Gasteiger partial charge < -0.3 is 15.4 Å². The van der Waals surface area contributed by atoms with Crippen LogP contribution in [0.4, 0.5) is 13.2 Å². The molecule has 1 aliphatic rings. The molecule has 1 fully saturated rings. The zero-order chi connectivity index (χ0) is 17.0. The molecule has 2 N–H and O–H groups in total. The summed E-state index contributed by atoms with van der Waals surface area (Å²) < 4.78 is 42.8. The molecule has 23 heavy (non-hydrogen) atoms. The molecule has 1 saturated heterocycles. The number of nitrogens with zero attached hydrogens (tertiary/aromatic N) is 1. The summed E-state index contributed by atoms with van der Waals surface area (Å²) in [6, 6.07) is 4.18. The monoisotopic (exact) mass is 330 g/mol. The first-order valence-electron chi connectivity index (χ1n) is 7.64. The second-order valence-corrected chi connectivity index (χ2v) is 5.82. The maximum absolute atomic E-state index is 12.5. The maximum Gasteiger partial charge on any atom is 0.416 e. The van der Waals surface area contributed by atoms with Crippen LogP contribution in [0, 0.1) is 0 Å². The van der Waals surface area contributed by atoms with Crippen LogP contribution in [0.15, 0.2) is 24.3 Å². The smallest absolute Gasteiger partial charge is 0.416 e. The molecule has 1 heterocycles. The van der Waals surface area contributed by atoms with Gasteiger partial charge in [-0.2, -0.15) is 13.2 Å². The standard InChI is InChI=1S/C16H21F3N2O2/c1-11(20)14-4-2-3-9-21(14)15(22)10-23-13-7-5-12(6-8-13)16(17,18)19/h5-8,11,14H,2-4,9-10,20H2,1H3. The van der Waals surface area contributed by atoms with Gasteiger partial charge in [-0.05, 0) is 50.5 Å². The molecule has 0 spiro atoms. The predicted molar refractivity (Wildman–Crippen MR) is 79.9 cm³/mol. The number of halogens is 3. The normalized spacial score (nSPS) is 20.2. The highest BCUT2D eigenvalue weighted by molar-refractivity contribution is 5.78. The van der Waals surface area contributed by atoms with E-state index < -0.39 is 11.7 Å². The molecule has 2 rings (SSSR count). The molecule has 2 unspecified atom stereocenters. The van der Waals surface area contributed by atoms with Crippen LogP contribution in [-0.4, -0.2) is 36.0 Å². The zero-order valence-electron chi connectivity index (χ0n) is 13.0. The van der Waals surface area contributed by atoms with E-state index in [9.17, 15) is 18.0 Å². The first kappa shape index (κ1) is 17.6. The van der Waals surface area contributed by atoms with Gasteiger partial charge in [-0.25, -0.2) is 0 Å². The van der Waals surface area contributed by atoms with Crippen molar-refractivity contribution in [2.24, 2.45) is 5.73 Å². The molecule has 0 saturated carbocycles. The SMILES string of the molecule is CC(N)C1CCCCN1C(=O)COc1ccc(C(F)(F)F)cc1. The molecule has 1 aliphatic heterocycles. The number of likely N-dealkylation sites (tertiary alicyclic amines) is 1. The quantitative estimate of drug-likeness (QED) is 0.923. The number of carbonyl (C=O) groups excluding carboxylic acids is 1. The Hall–Kier alpha value is -1.76. The lowest BCUT2D eigenvalue weighted by Gasteiger charge is -2.38. The molecular weight excluding hydrogens is 309 g/mol. The number of alkyl halides is 3. The van der Waals surface area contributed by atoms with E-state index in [0.717, 1.165) is 31.4 Å². The number of piperidine rings is 1. The summed E-state index contributed by atoms with van der Waals surface area (Å²) in [6.45, 7) is 2.31. The van der Waals surface area contributed by atoms with Gasteiger partial charge in [-0.3, -0.25) is 4.79 Å². The van der Waals surface area contributed by atoms with Crippen molar-refractivity contribution in [2.45, 2.75) is 44.4 Å². The molecule has 0 radical (unpaired) electrons. The lowest BCUT2D eigenvalue weighted by atomic mass is 9.97. The van der Waals surface area contributed by atoms with Crippen LogP contribution in [0.2, 0.25) is 0 Å². The lowest BCUT2D eigenvalue weighted by Crippen LogP contribution is -2.52. The Labute approximate surface area is 133 Å². The molecular formula is C16H21F3N2O2. The van der Waals surface area contributed by atoms with E-state index in [-0.39, 0.29) is 30.3 Å². The first-order valence-corrected chi connectivity index (χ1v) is 7.64. The van der Waals surface area contributed by atoms with Crippen molar-refractivity contribution in [3.8, 4) is 5.75 Å². The Kier molecular flexibility index (Phi) is 5.51. The van der Waals surface area contributed by atoms with E-state index in [0.29, 0.717) is 6.54 Å². The number of amides is 1. The summed E-state index contributed by atoms with van der Waals surface area (Å²) in [7, 11) is 0. The summed E-state index contributed by atoms with van der Waals surface area (Å²) in [6.07, 6.45) is -1.55. The Morgan fingerprint density at radius 1 is 1.35 bits per heavy atom. The molecule has 2 atom stereocenters. The van der Waals surface area contributed by atoms with Crippen molar-refractivity contribution in [3.05, 3.63) is 29.8 Å². The van der Waals surface area contributed by atoms with Crippen LogP contribution in [-0.2, 0) is 11.0 Å². The van der Waals surface area contributed by atoms with Gasteiger partial charge in [0.1, 0.15) is 5.75 Å². The predicted octanol–water partition coefficient (Wildman–Crippen LogP) is 2.81. The van der Waals surface area contributed by atoms with Crippen LogP contribution in [0.25, 0.3) is 0 Å². The minimum absolute atomic E-state index is 0.00699. The highest BCUT2D eigenvalue weighted by Crippen LogP contribution is 2.30. The van der Waals surface area contributed by atoms with E-state index in [4.69, 9.17) is 10.5 Å². The zero-order valence-corrected chi connectivity index (χ0v) is 13.0. The van der Waals surface area contributed by atoms with Crippen LogP contribution in [0.1, 0.15) is 31.7 Å². The highest BCUT2D eigenvalue weighted by atomic mass is 19.4. The Morgan fingerprint density at radius 3 is 2.57 bits per heavy atom. The molecule has 0 bridgehead atoms. The number of ether oxygens (including phenoxy) is 1. The number of hydrogen-bond acceptors (Lipinski definition) is 3. The lowest BCUT2D eigenvalue weighted by molar-refractivity contribution is -0.138. The Morgan fingerprint density at radius 2 is 2.00 bits per heavy atom. The summed E-state index contributed by atoms with van der Waals surface area (Å²) in [4.78, 5) is 14.0. The molecule has 7 heteroatoms. The third kappa shape index (κ3) is 4.60. The van der Waals surface area contributed by atoms with Crippen molar-refractivity contribution in [3.63, 3.8) is 0 Å². The molecule has 4 nitrogen and oxygen atoms in total. The van der Waals surface area contributed by atoms with E-state index in [2.05, 4.69) is 0 Å². The number of nitrogens with two attached hydrogens (primary N) is 1. The van der Waals surface area contributed by atoms with Crippen molar-refractivity contribution in [2.75, 3.05) is 13.2 Å². The largest absolute Gasteiger partial charge is 0.484 e. The maximum atomic E-state index is 12.5. The third-order valence-electron chi connectivity index (χ3n) is 4.02. The fourth-order valence-electron chi connectivity index (χ4n) is 2.78. The average molecular weight is 330 g/mol. The second-order valence-electron chi connectivity index (χ2n) is 5.82. The van der Waals surface area contributed by atoms with Crippen molar-refractivity contribution in [1.82, 2.24) is 4.90 Å². The van der Waals surface area contributed by atoms with E-state index in [1.807, 2.05) is 6.92 Å². The van der Waals surface area contributed by atoms with Crippen molar-refractivity contribution in [1.29, 1.82) is 0 Å². The van der Waals surface area contributed by atoms with E-state index >= 15 is 0 Å². The van der Waals surface area contributed by atoms with Gasteiger partial charge in [0.05, 0.1) is 5.56 Å². The molecule has 1 aromatic rings. The van der Waals surface area contributed by atoms with E-state index in [1.54, 1.807) is 4.90 Å². The van der Waals surface area contributed by atoms with Gasteiger partial charge in [-0.1, -0.05) is 0 Å². The number of benzene rings is 1. The molecule has 1 aromatic carbocycles. The van der Waals surface area contributed by atoms with Gasteiger partial charge in [0, 0.05) is 18.6 Å². The van der Waals surface area contributed by atoms with Gasteiger partial charge in [0.2, 0.25) is 0 Å². The minimum Gasteiger partial charge on any atom is -0.484 e. The fourth-order valence-corrected chi connectivity index (χ4v) is 2.78. The van der Waals surface area contributed by atoms with Gasteiger partial charge in [0.25, 0.3) is 5.91 Å². The highest BCUT2D eigenvalue weighted by Gasteiger charge is 2.31. The number of rotatable bonds is 4. The molecule has 0 aromatic heterocycles. The second kappa shape index (κ2) is 7.21. The minimum atomic E-state index is -4.38. The molecule has 128 valence electrons. The summed E-state index contributed by atoms with van der Waals surface area (Å²) in [5.41, 5.74) is 5.17. The number of hydrogen-bond donors (Lipinski definition) is 1. The fraction of sp³-hybridized carbons (Fsp3) is 0.562. The summed E-state index contributed by atoms with van der Waals surface area (Å²) in [5.74, 6) is 0.0487. The molecule has 0 aliphatic carbocycles. The van der Waals surface area contributed by atoms with Crippen molar-refractivity contribution >= 4 is 5.91 Å².